The van der Waals surface area contributed by atoms with Gasteiger partial charge in [0.25, 0.3) is 0 Å². The number of aromatic nitrogens is 3. The Kier molecular flexibility index (Phi) is 5.44. The third-order valence-corrected chi connectivity index (χ3v) is 5.72. The minimum atomic E-state index is 0.0121. The van der Waals surface area contributed by atoms with Crippen LogP contribution in [0.3, 0.4) is 0 Å². The van der Waals surface area contributed by atoms with E-state index in [-0.39, 0.29) is 5.91 Å². The molecule has 1 fully saturated rings. The van der Waals surface area contributed by atoms with Crippen molar-refractivity contribution in [3.63, 3.8) is 0 Å². The molecule has 0 spiro atoms. The number of amides is 1. The zero-order valence-corrected chi connectivity index (χ0v) is 16.1. The predicted octanol–water partition coefficient (Wildman–Crippen LogP) is 2.48. The minimum Gasteiger partial charge on any atom is -0.352 e. The Morgan fingerprint density at radius 1 is 1.36 bits per heavy atom. The molecule has 25 heavy (non-hydrogen) atoms. The molecule has 3 heterocycles. The second kappa shape index (κ2) is 7.58. The molecule has 1 N–H and O–H groups in total. The quantitative estimate of drug-likeness (QED) is 0.888. The van der Waals surface area contributed by atoms with E-state index in [1.165, 1.54) is 6.42 Å². The molecule has 0 unspecified atom stereocenters. The molecule has 0 aromatic carbocycles. The zero-order chi connectivity index (χ0) is 18.0. The number of hydrogen-bond acceptors (Lipinski definition) is 6. The molecule has 6 nitrogen and oxygen atoms in total. The molecule has 0 saturated carbocycles. The molecule has 2 aromatic rings. The number of thiazole rings is 1. The monoisotopic (exact) mass is 359 g/mol. The summed E-state index contributed by atoms with van der Waals surface area (Å²) in [5.74, 6) is 0.791. The maximum absolute atomic E-state index is 12.3. The van der Waals surface area contributed by atoms with E-state index in [4.69, 9.17) is 0 Å². The van der Waals surface area contributed by atoms with Crippen molar-refractivity contribution in [3.8, 4) is 0 Å². The van der Waals surface area contributed by atoms with Gasteiger partial charge in [-0.05, 0) is 47.2 Å². The van der Waals surface area contributed by atoms with Crippen LogP contribution in [0.5, 0.6) is 0 Å². The van der Waals surface area contributed by atoms with Gasteiger partial charge in [-0.15, -0.1) is 11.3 Å². The molecule has 0 radical (unpaired) electrons. The van der Waals surface area contributed by atoms with Gasteiger partial charge < -0.3 is 5.32 Å². The Hall–Kier alpha value is -1.86. The number of likely N-dealkylation sites (tertiary alicyclic amines) is 1. The fraction of sp³-hybridized carbons (Fsp3) is 0.556. The SMILES string of the molecule is Cc1ncc(CNC(=O)Cc2sc(C)nc2C)c([C@H]2CCCN2C)n1. The number of nitrogens with zero attached hydrogens (tertiary/aromatic N) is 4. The molecule has 1 saturated heterocycles. The lowest BCUT2D eigenvalue weighted by molar-refractivity contribution is -0.120. The minimum absolute atomic E-state index is 0.0121. The van der Waals surface area contributed by atoms with E-state index in [2.05, 4.69) is 32.2 Å². The van der Waals surface area contributed by atoms with Gasteiger partial charge in [0.1, 0.15) is 5.82 Å². The van der Waals surface area contributed by atoms with Gasteiger partial charge in [-0.1, -0.05) is 0 Å². The second-order valence-electron chi connectivity index (χ2n) is 6.66. The van der Waals surface area contributed by atoms with Crippen LogP contribution >= 0.6 is 11.3 Å². The molecule has 0 aliphatic carbocycles. The molecular weight excluding hydrogens is 334 g/mol. The summed E-state index contributed by atoms with van der Waals surface area (Å²) in [6.45, 7) is 7.38. The largest absolute Gasteiger partial charge is 0.352 e. The van der Waals surface area contributed by atoms with E-state index in [0.717, 1.165) is 45.6 Å². The average Bonchev–Trinajstić information content (AvgIpc) is 3.11. The smallest absolute Gasteiger partial charge is 0.225 e. The van der Waals surface area contributed by atoms with Gasteiger partial charge in [0, 0.05) is 23.2 Å². The van der Waals surface area contributed by atoms with Crippen LogP contribution in [-0.2, 0) is 17.8 Å². The Balaban J connectivity index is 1.68. The third kappa shape index (κ3) is 4.22. The van der Waals surface area contributed by atoms with Crippen molar-refractivity contribution in [1.82, 2.24) is 25.2 Å². The van der Waals surface area contributed by atoms with E-state index in [1.807, 2.05) is 27.0 Å². The highest BCUT2D eigenvalue weighted by Gasteiger charge is 2.26. The lowest BCUT2D eigenvalue weighted by Crippen LogP contribution is -2.27. The summed E-state index contributed by atoms with van der Waals surface area (Å²) in [4.78, 5) is 29.1. The number of carbonyl (C=O) groups is 1. The lowest BCUT2D eigenvalue weighted by Gasteiger charge is -2.21. The summed E-state index contributed by atoms with van der Waals surface area (Å²) in [6.07, 6.45) is 4.52. The van der Waals surface area contributed by atoms with Crippen LogP contribution in [0.2, 0.25) is 0 Å². The molecule has 0 bridgehead atoms. The second-order valence-corrected chi connectivity index (χ2v) is 7.95. The molecular formula is C18H25N5OS. The average molecular weight is 359 g/mol. The summed E-state index contributed by atoms with van der Waals surface area (Å²) >= 11 is 1.59. The van der Waals surface area contributed by atoms with E-state index in [0.29, 0.717) is 19.0 Å². The Morgan fingerprint density at radius 2 is 2.16 bits per heavy atom. The number of aryl methyl sites for hydroxylation is 3. The van der Waals surface area contributed by atoms with E-state index in [1.54, 1.807) is 11.3 Å². The van der Waals surface area contributed by atoms with Crippen molar-refractivity contribution >= 4 is 17.2 Å². The van der Waals surface area contributed by atoms with Crippen LogP contribution in [0.1, 0.15) is 51.5 Å². The van der Waals surface area contributed by atoms with Crippen molar-refractivity contribution in [1.29, 1.82) is 0 Å². The van der Waals surface area contributed by atoms with Crippen molar-refractivity contribution in [3.05, 3.63) is 38.9 Å². The third-order valence-electron chi connectivity index (χ3n) is 4.65. The zero-order valence-electron chi connectivity index (χ0n) is 15.3. The van der Waals surface area contributed by atoms with Gasteiger partial charge in [0.05, 0.1) is 28.9 Å². The fourth-order valence-electron chi connectivity index (χ4n) is 3.33. The van der Waals surface area contributed by atoms with Gasteiger partial charge >= 0.3 is 0 Å². The number of nitrogens with one attached hydrogen (secondary N) is 1. The first-order valence-electron chi connectivity index (χ1n) is 8.66. The van der Waals surface area contributed by atoms with E-state index < -0.39 is 0 Å². The van der Waals surface area contributed by atoms with Crippen LogP contribution in [0, 0.1) is 20.8 Å². The Bertz CT molecular complexity index is 773. The normalized spacial score (nSPS) is 17.8. The van der Waals surface area contributed by atoms with Crippen LogP contribution < -0.4 is 5.32 Å². The first kappa shape index (κ1) is 17.9. The molecule has 1 aliphatic heterocycles. The summed E-state index contributed by atoms with van der Waals surface area (Å²) in [6, 6.07) is 0.319. The first-order valence-corrected chi connectivity index (χ1v) is 9.48. The van der Waals surface area contributed by atoms with Crippen LogP contribution in [0.4, 0.5) is 0 Å². The van der Waals surface area contributed by atoms with Gasteiger partial charge in [0.15, 0.2) is 0 Å². The van der Waals surface area contributed by atoms with E-state index >= 15 is 0 Å². The van der Waals surface area contributed by atoms with Gasteiger partial charge in [0.2, 0.25) is 5.91 Å². The summed E-state index contributed by atoms with van der Waals surface area (Å²) in [5, 5.41) is 4.02. The highest BCUT2D eigenvalue weighted by atomic mass is 32.1. The molecule has 3 rings (SSSR count). The fourth-order valence-corrected chi connectivity index (χ4v) is 4.27. The van der Waals surface area contributed by atoms with Crippen LogP contribution in [-0.4, -0.2) is 39.4 Å². The predicted molar refractivity (Wildman–Crippen MR) is 98.5 cm³/mol. The molecule has 1 amide bonds. The van der Waals surface area contributed by atoms with Gasteiger partial charge in [-0.2, -0.15) is 0 Å². The van der Waals surface area contributed by atoms with Crippen LogP contribution in [0.15, 0.2) is 6.20 Å². The maximum Gasteiger partial charge on any atom is 0.225 e. The topological polar surface area (TPSA) is 71.0 Å². The number of hydrogen-bond donors (Lipinski definition) is 1. The van der Waals surface area contributed by atoms with Crippen molar-refractivity contribution < 1.29 is 4.79 Å². The highest BCUT2D eigenvalue weighted by Crippen LogP contribution is 2.31. The van der Waals surface area contributed by atoms with E-state index in [9.17, 15) is 4.79 Å². The summed E-state index contributed by atoms with van der Waals surface area (Å²) < 4.78 is 0. The first-order chi connectivity index (χ1) is 11.9. The molecule has 2 aromatic heterocycles. The number of carbonyl (C=O) groups excluding carboxylic acids is 1. The summed E-state index contributed by atoms with van der Waals surface area (Å²) in [5.41, 5.74) is 3.01. The lowest BCUT2D eigenvalue weighted by atomic mass is 10.1. The summed E-state index contributed by atoms with van der Waals surface area (Å²) in [7, 11) is 2.13. The van der Waals surface area contributed by atoms with Crippen LogP contribution in [0.25, 0.3) is 0 Å². The van der Waals surface area contributed by atoms with Gasteiger partial charge in [-0.3, -0.25) is 9.69 Å². The maximum atomic E-state index is 12.3. The highest BCUT2D eigenvalue weighted by molar-refractivity contribution is 7.11. The van der Waals surface area contributed by atoms with Crippen molar-refractivity contribution in [2.45, 2.75) is 52.6 Å². The molecule has 1 atom stereocenters. The number of rotatable bonds is 5. The van der Waals surface area contributed by atoms with Crippen molar-refractivity contribution in [2.75, 3.05) is 13.6 Å². The van der Waals surface area contributed by atoms with Crippen molar-refractivity contribution in [2.24, 2.45) is 0 Å². The molecule has 1 aliphatic rings. The molecule has 7 heteroatoms. The molecule has 134 valence electrons. The standard InChI is InChI=1S/C18H25N5OS/c1-11-16(25-13(3)21-11)8-17(24)20-10-14-9-19-12(2)22-18(14)15-6-5-7-23(15)4/h9,15H,5-8,10H2,1-4H3,(H,20,24)/t15-/m1/s1. The Morgan fingerprint density at radius 3 is 2.80 bits per heavy atom. The Labute approximate surface area is 152 Å². The van der Waals surface area contributed by atoms with Gasteiger partial charge in [-0.25, -0.2) is 15.0 Å².